The molecule has 3 aromatic heterocycles. The third-order valence-corrected chi connectivity index (χ3v) is 8.79. The van der Waals surface area contributed by atoms with Crippen molar-refractivity contribution in [2.45, 2.75) is 37.4 Å². The Bertz CT molecular complexity index is 1970. The summed E-state index contributed by atoms with van der Waals surface area (Å²) < 4.78 is 5.50. The molecule has 19 nitrogen and oxygen atoms in total. The molecule has 2 atom stereocenters. The van der Waals surface area contributed by atoms with E-state index in [1.54, 1.807) is 22.9 Å². The highest BCUT2D eigenvalue weighted by molar-refractivity contribution is 8.00. The summed E-state index contributed by atoms with van der Waals surface area (Å²) in [5, 5.41) is 36.7. The van der Waals surface area contributed by atoms with E-state index in [4.69, 9.17) is 10.6 Å². The van der Waals surface area contributed by atoms with Gasteiger partial charge in [0.25, 0.3) is 17.7 Å². The number of nitrogens with one attached hydrogen (secondary N) is 3. The Morgan fingerprint density at radius 2 is 2.02 bits per heavy atom. The predicted octanol–water partition coefficient (Wildman–Crippen LogP) is -0.923. The molecule has 0 bridgehead atoms. The Balaban J connectivity index is 1.32. The zero-order valence-corrected chi connectivity index (χ0v) is 26.5. The fourth-order valence-corrected chi connectivity index (χ4v) is 6.21. The number of H-pyrrole nitrogens is 1. The number of aromatic hydroxyl groups is 1. The van der Waals surface area contributed by atoms with Gasteiger partial charge in [0, 0.05) is 41.2 Å². The minimum Gasteiger partial charge on any atom is -0.503 e. The minimum atomic E-state index is -1.83. The van der Waals surface area contributed by atoms with E-state index in [1.807, 2.05) is 0 Å². The number of nitrogen functional groups attached to an aromatic ring is 1. The number of aliphatic carboxylic acids is 2. The molecule has 2 unspecified atom stereocenters. The topological polar surface area (TPSA) is 283 Å². The number of pyridine rings is 2. The van der Waals surface area contributed by atoms with Crippen molar-refractivity contribution < 1.29 is 48.7 Å². The molecule has 0 saturated carbocycles. The molecule has 48 heavy (non-hydrogen) atoms. The lowest BCUT2D eigenvalue weighted by atomic mass is 10.0. The molecule has 1 fully saturated rings. The normalized spacial score (nSPS) is 17.7. The van der Waals surface area contributed by atoms with Crippen molar-refractivity contribution in [2.75, 3.05) is 16.8 Å². The summed E-state index contributed by atoms with van der Waals surface area (Å²) in [4.78, 5) is 87.2. The molecule has 2 aliphatic rings. The Morgan fingerprint density at radius 3 is 2.67 bits per heavy atom. The van der Waals surface area contributed by atoms with E-state index >= 15 is 0 Å². The predicted molar refractivity (Wildman–Crippen MR) is 167 cm³/mol. The first-order valence-corrected chi connectivity index (χ1v) is 15.5. The van der Waals surface area contributed by atoms with Gasteiger partial charge in [-0.15, -0.1) is 11.8 Å². The quantitative estimate of drug-likeness (QED) is 0.0551. The number of hydrogen-bond donors (Lipinski definition) is 7. The summed E-state index contributed by atoms with van der Waals surface area (Å²) in [6.07, 6.45) is 4.13. The van der Waals surface area contributed by atoms with Crippen molar-refractivity contribution in [3.8, 4) is 5.75 Å². The number of carbonyl (C=O) groups is 5. The van der Waals surface area contributed by atoms with Gasteiger partial charge in [-0.1, -0.05) is 5.16 Å². The van der Waals surface area contributed by atoms with E-state index < -0.39 is 63.6 Å². The van der Waals surface area contributed by atoms with E-state index in [0.717, 1.165) is 28.7 Å². The first-order valence-electron chi connectivity index (χ1n) is 13.7. The number of aromatic amines is 1. The summed E-state index contributed by atoms with van der Waals surface area (Å²) in [5.41, 5.74) is 2.82. The largest absolute Gasteiger partial charge is 0.503 e. The number of carbonyl (C=O) groups excluding carboxylic acids is 3. The van der Waals surface area contributed by atoms with Gasteiger partial charge in [0.15, 0.2) is 29.8 Å². The van der Waals surface area contributed by atoms with E-state index in [9.17, 15) is 44.1 Å². The summed E-state index contributed by atoms with van der Waals surface area (Å²) >= 11 is 1.94. The maximum Gasteiger partial charge on any atom is 0.352 e. The number of amides is 3. The fraction of sp³-hybridized carbons (Fsp3) is 0.259. The van der Waals surface area contributed by atoms with Gasteiger partial charge in [0.1, 0.15) is 28.5 Å². The molecule has 2 aliphatic heterocycles. The van der Waals surface area contributed by atoms with Crippen LogP contribution in [0.2, 0.25) is 0 Å². The lowest BCUT2D eigenvalue weighted by Gasteiger charge is -2.49. The first-order chi connectivity index (χ1) is 22.7. The minimum absolute atomic E-state index is 0.0139. The van der Waals surface area contributed by atoms with Crippen molar-refractivity contribution in [3.05, 3.63) is 69.8 Å². The van der Waals surface area contributed by atoms with Crippen LogP contribution in [0.15, 0.2) is 58.0 Å². The standard InChI is InChI=1S/C27H25N9O10S2/c1-27(2,25(44)45)46-33-16(19-32-26(28)48-34-19)21(40)31-17-22(41)36-18(24(42)43)11(10-47-23(17)36)8-35-5-3-4-12(9-35)30-20(39)13-6-14(37)15(38)7-29-13/h3-7,9,17,23H,8,10H2,1-2H3,(H7-,28,29,30,31,32,33,34,37,38,39,40,42,43,44,45)/p+1. The maximum atomic E-state index is 13.3. The van der Waals surface area contributed by atoms with Crippen molar-refractivity contribution in [2.24, 2.45) is 5.16 Å². The molecule has 5 rings (SSSR count). The maximum absolute atomic E-state index is 13.3. The number of nitrogens with two attached hydrogens (primary N) is 1. The number of aromatic nitrogens is 4. The smallest absolute Gasteiger partial charge is 0.352 e. The van der Waals surface area contributed by atoms with E-state index in [-0.39, 0.29) is 34.6 Å². The lowest BCUT2D eigenvalue weighted by Crippen LogP contribution is -2.71. The molecule has 1 saturated heterocycles. The van der Waals surface area contributed by atoms with E-state index in [1.165, 1.54) is 31.8 Å². The second-order valence-corrected chi connectivity index (χ2v) is 12.6. The second-order valence-electron chi connectivity index (χ2n) is 10.7. The van der Waals surface area contributed by atoms with Crippen LogP contribution in [-0.2, 0) is 30.6 Å². The molecule has 0 spiro atoms. The lowest BCUT2D eigenvalue weighted by molar-refractivity contribution is -0.688. The van der Waals surface area contributed by atoms with Crippen molar-refractivity contribution in [1.82, 2.24) is 24.6 Å². The molecule has 3 amide bonds. The summed E-state index contributed by atoms with van der Waals surface area (Å²) in [7, 11) is 0. The van der Waals surface area contributed by atoms with Crippen LogP contribution in [-0.4, -0.2) is 92.7 Å². The monoisotopic (exact) mass is 700 g/mol. The van der Waals surface area contributed by atoms with Gasteiger partial charge in [-0.2, -0.15) is 13.9 Å². The number of β-lactam (4-membered cyclic amide) rings is 1. The molecule has 3 aromatic rings. The molecule has 8 N–H and O–H groups in total. The summed E-state index contributed by atoms with van der Waals surface area (Å²) in [5.74, 6) is -5.76. The highest BCUT2D eigenvalue weighted by Gasteiger charge is 2.55. The van der Waals surface area contributed by atoms with Gasteiger partial charge in [-0.05, 0) is 19.9 Å². The van der Waals surface area contributed by atoms with Crippen LogP contribution < -0.4 is 26.4 Å². The number of rotatable bonds is 11. The van der Waals surface area contributed by atoms with Crippen LogP contribution in [0.5, 0.6) is 5.75 Å². The second kappa shape index (κ2) is 13.1. The first kappa shape index (κ1) is 33.5. The van der Waals surface area contributed by atoms with Crippen molar-refractivity contribution in [1.29, 1.82) is 0 Å². The van der Waals surface area contributed by atoms with Crippen LogP contribution in [0.4, 0.5) is 10.8 Å². The van der Waals surface area contributed by atoms with Crippen molar-refractivity contribution in [3.63, 3.8) is 0 Å². The summed E-state index contributed by atoms with van der Waals surface area (Å²) in [6.45, 7) is 2.42. The van der Waals surface area contributed by atoms with E-state index in [2.05, 4.69) is 30.1 Å². The molecule has 0 radical (unpaired) electrons. The third kappa shape index (κ3) is 6.80. The molecule has 0 aromatic carbocycles. The number of carboxylic acids is 2. The van der Waals surface area contributed by atoms with Crippen LogP contribution in [0.25, 0.3) is 0 Å². The molecule has 5 heterocycles. The van der Waals surface area contributed by atoms with Crippen molar-refractivity contribution >= 4 is 69.5 Å². The van der Waals surface area contributed by atoms with Gasteiger partial charge in [0.2, 0.25) is 22.6 Å². The zero-order chi connectivity index (χ0) is 34.9. The third-order valence-electron chi connectivity index (χ3n) is 6.91. The fourth-order valence-electron chi connectivity index (χ4n) is 4.44. The van der Waals surface area contributed by atoms with Crippen LogP contribution >= 0.6 is 23.3 Å². The average Bonchev–Trinajstić information content (AvgIpc) is 3.46. The SMILES string of the molecule is CC(C)(O/N=C(\C(=O)NC1C(=O)N2C(C(=O)O)=C(C[n+]3cccc(NC(=O)c4cc(=O)c(O)c[nH]4)c3)CSC12)c1nsc(N)n1)C(=O)O. The number of hydrogen-bond acceptors (Lipinski definition) is 14. The molecule has 21 heteroatoms. The van der Waals surface area contributed by atoms with Crippen LogP contribution in [0, 0.1) is 0 Å². The van der Waals surface area contributed by atoms with Gasteiger partial charge in [-0.25, -0.2) is 9.59 Å². The number of anilines is 2. The Labute approximate surface area is 277 Å². The number of oxime groups is 1. The van der Waals surface area contributed by atoms with Crippen LogP contribution in [0.1, 0.15) is 30.2 Å². The molecule has 250 valence electrons. The Morgan fingerprint density at radius 1 is 1.27 bits per heavy atom. The van der Waals surface area contributed by atoms with Gasteiger partial charge < -0.3 is 41.5 Å². The summed E-state index contributed by atoms with van der Waals surface area (Å²) in [6, 6.07) is 2.93. The zero-order valence-electron chi connectivity index (χ0n) is 24.9. The Hall–Kier alpha value is -5.83. The number of fused-ring (bicyclic) bond motifs is 1. The highest BCUT2D eigenvalue weighted by Crippen LogP contribution is 2.40. The number of nitrogens with zero attached hydrogens (tertiary/aromatic N) is 5. The Kier molecular flexibility index (Phi) is 9.16. The number of carboxylic acid groups (broad SMARTS) is 2. The van der Waals surface area contributed by atoms with Gasteiger partial charge >= 0.3 is 11.9 Å². The molecule has 0 aliphatic carbocycles. The van der Waals surface area contributed by atoms with Gasteiger partial charge in [-0.3, -0.25) is 24.1 Å². The average molecular weight is 701 g/mol. The van der Waals surface area contributed by atoms with Gasteiger partial charge in [0.05, 0.1) is 0 Å². The molecular formula is C27H26N9O10S2+. The molecular weight excluding hydrogens is 674 g/mol. The number of thioether (sulfide) groups is 1. The highest BCUT2D eigenvalue weighted by atomic mass is 32.2. The van der Waals surface area contributed by atoms with E-state index in [0.29, 0.717) is 11.3 Å². The van der Waals surface area contributed by atoms with Crippen LogP contribution in [0.3, 0.4) is 0 Å².